The standard InChI is InChI=1S/C19H22N2O3/c1-12(14-8-7-13-5-3-4-6-15(13)9-14)21-19(23)16-10-17(22)18(24-2)11-20-16/h7-12H,3-6H2,1-2H3,(H,20,22)(H,21,23). The topological polar surface area (TPSA) is 71.2 Å². The number of aryl methyl sites for hydroxylation is 2. The Morgan fingerprint density at radius 2 is 1.96 bits per heavy atom. The highest BCUT2D eigenvalue weighted by Crippen LogP contribution is 2.24. The maximum absolute atomic E-state index is 12.3. The highest BCUT2D eigenvalue weighted by Gasteiger charge is 2.16. The van der Waals surface area contributed by atoms with Crippen molar-refractivity contribution in [1.29, 1.82) is 0 Å². The molecule has 0 saturated carbocycles. The lowest BCUT2D eigenvalue weighted by Gasteiger charge is -2.20. The minimum absolute atomic E-state index is 0.129. The van der Waals surface area contributed by atoms with Crippen molar-refractivity contribution in [2.45, 2.75) is 38.6 Å². The normalized spacial score (nSPS) is 14.6. The third-order valence-corrected chi connectivity index (χ3v) is 4.56. The van der Waals surface area contributed by atoms with Gasteiger partial charge in [-0.25, -0.2) is 0 Å². The summed E-state index contributed by atoms with van der Waals surface area (Å²) < 4.78 is 4.91. The summed E-state index contributed by atoms with van der Waals surface area (Å²) in [5.74, 6) is -0.116. The third kappa shape index (κ3) is 3.35. The Kier molecular flexibility index (Phi) is 4.69. The number of amides is 1. The molecule has 24 heavy (non-hydrogen) atoms. The first-order valence-corrected chi connectivity index (χ1v) is 8.28. The number of carbonyl (C=O) groups excluding carboxylic acids is 1. The number of aromatic amines is 1. The number of benzene rings is 1. The summed E-state index contributed by atoms with van der Waals surface area (Å²) in [6, 6.07) is 7.56. The molecular weight excluding hydrogens is 304 g/mol. The Labute approximate surface area is 141 Å². The van der Waals surface area contributed by atoms with E-state index in [2.05, 4.69) is 28.5 Å². The largest absolute Gasteiger partial charge is 0.491 e. The average molecular weight is 326 g/mol. The third-order valence-electron chi connectivity index (χ3n) is 4.56. The quantitative estimate of drug-likeness (QED) is 0.907. The van der Waals surface area contributed by atoms with E-state index >= 15 is 0 Å². The van der Waals surface area contributed by atoms with Gasteiger partial charge in [-0.1, -0.05) is 18.2 Å². The molecule has 0 fully saturated rings. The Balaban J connectivity index is 1.74. The number of rotatable bonds is 4. The molecule has 1 aliphatic carbocycles. The average Bonchev–Trinajstić information content (AvgIpc) is 2.61. The number of hydrogen-bond donors (Lipinski definition) is 2. The van der Waals surface area contributed by atoms with Gasteiger partial charge in [0.2, 0.25) is 5.43 Å². The van der Waals surface area contributed by atoms with Crippen LogP contribution in [0.3, 0.4) is 0 Å². The predicted octanol–water partition coefficient (Wildman–Crippen LogP) is 2.75. The van der Waals surface area contributed by atoms with Crippen molar-refractivity contribution in [2.75, 3.05) is 7.11 Å². The molecule has 0 bridgehead atoms. The van der Waals surface area contributed by atoms with E-state index in [9.17, 15) is 9.59 Å². The van der Waals surface area contributed by atoms with Gasteiger partial charge >= 0.3 is 0 Å². The SMILES string of the molecule is COc1c[nH]c(C(=O)NC(C)c2ccc3c(c2)CCCC3)cc1=O. The monoisotopic (exact) mass is 326 g/mol. The molecule has 0 saturated heterocycles. The first-order valence-electron chi connectivity index (χ1n) is 8.28. The fourth-order valence-electron chi connectivity index (χ4n) is 3.13. The summed E-state index contributed by atoms with van der Waals surface area (Å²) in [6.07, 6.45) is 6.13. The number of ether oxygens (including phenoxy) is 1. The second kappa shape index (κ2) is 6.91. The number of methoxy groups -OCH3 is 1. The first-order chi connectivity index (χ1) is 11.6. The number of H-pyrrole nitrogens is 1. The first kappa shape index (κ1) is 16.3. The molecule has 1 heterocycles. The van der Waals surface area contributed by atoms with Gasteiger partial charge in [-0.05, 0) is 49.3 Å². The van der Waals surface area contributed by atoms with Crippen LogP contribution in [0.15, 0.2) is 35.3 Å². The van der Waals surface area contributed by atoms with Crippen LogP contribution in [0.4, 0.5) is 0 Å². The Morgan fingerprint density at radius 1 is 1.21 bits per heavy atom. The zero-order valence-electron chi connectivity index (χ0n) is 14.0. The van der Waals surface area contributed by atoms with Gasteiger partial charge in [0.1, 0.15) is 5.69 Å². The van der Waals surface area contributed by atoms with Crippen molar-refractivity contribution in [2.24, 2.45) is 0 Å². The second-order valence-electron chi connectivity index (χ2n) is 6.21. The van der Waals surface area contributed by atoms with Gasteiger partial charge in [-0.3, -0.25) is 9.59 Å². The number of aromatic nitrogens is 1. The van der Waals surface area contributed by atoms with E-state index in [0.29, 0.717) is 0 Å². The maximum atomic E-state index is 12.3. The number of fused-ring (bicyclic) bond motifs is 1. The minimum atomic E-state index is -0.317. The highest BCUT2D eigenvalue weighted by atomic mass is 16.5. The number of carbonyl (C=O) groups is 1. The molecule has 5 heteroatoms. The number of pyridine rings is 1. The van der Waals surface area contributed by atoms with Crippen LogP contribution in [0.5, 0.6) is 5.75 Å². The fraction of sp³-hybridized carbons (Fsp3) is 0.368. The summed E-state index contributed by atoms with van der Waals surface area (Å²) in [5, 5.41) is 2.93. The van der Waals surface area contributed by atoms with Gasteiger partial charge in [0.05, 0.1) is 13.2 Å². The molecule has 1 aromatic heterocycles. The van der Waals surface area contributed by atoms with Gasteiger partial charge < -0.3 is 15.0 Å². The van der Waals surface area contributed by atoms with E-state index in [1.165, 1.54) is 43.3 Å². The summed E-state index contributed by atoms with van der Waals surface area (Å²) in [4.78, 5) is 26.9. The Bertz CT molecular complexity index is 810. The van der Waals surface area contributed by atoms with E-state index in [0.717, 1.165) is 18.4 Å². The number of hydrogen-bond acceptors (Lipinski definition) is 3. The molecule has 1 aromatic carbocycles. The molecule has 5 nitrogen and oxygen atoms in total. The van der Waals surface area contributed by atoms with Crippen LogP contribution in [0.1, 0.15) is 53.0 Å². The molecule has 0 radical (unpaired) electrons. The summed E-state index contributed by atoms with van der Waals surface area (Å²) >= 11 is 0. The molecule has 1 unspecified atom stereocenters. The lowest BCUT2D eigenvalue weighted by atomic mass is 9.89. The summed E-state index contributed by atoms with van der Waals surface area (Å²) in [6.45, 7) is 1.95. The van der Waals surface area contributed by atoms with Crippen LogP contribution < -0.4 is 15.5 Å². The molecule has 126 valence electrons. The zero-order chi connectivity index (χ0) is 17.1. The van der Waals surface area contributed by atoms with Gasteiger partial charge in [0.15, 0.2) is 5.75 Å². The van der Waals surface area contributed by atoms with E-state index in [4.69, 9.17) is 4.74 Å². The van der Waals surface area contributed by atoms with Crippen molar-refractivity contribution in [3.63, 3.8) is 0 Å². The lowest BCUT2D eigenvalue weighted by Crippen LogP contribution is -2.28. The van der Waals surface area contributed by atoms with Crippen molar-refractivity contribution < 1.29 is 9.53 Å². The van der Waals surface area contributed by atoms with E-state index in [-0.39, 0.29) is 28.8 Å². The van der Waals surface area contributed by atoms with Crippen molar-refractivity contribution in [3.8, 4) is 5.75 Å². The number of nitrogens with one attached hydrogen (secondary N) is 2. The fourth-order valence-corrected chi connectivity index (χ4v) is 3.13. The molecule has 3 rings (SSSR count). The van der Waals surface area contributed by atoms with Crippen LogP contribution >= 0.6 is 0 Å². The molecular formula is C19H22N2O3. The van der Waals surface area contributed by atoms with Crippen LogP contribution in [0, 0.1) is 0 Å². The van der Waals surface area contributed by atoms with E-state index in [1.807, 2.05) is 6.92 Å². The van der Waals surface area contributed by atoms with Gasteiger partial charge in [-0.2, -0.15) is 0 Å². The van der Waals surface area contributed by atoms with Crippen molar-refractivity contribution in [3.05, 3.63) is 63.1 Å². The minimum Gasteiger partial charge on any atom is -0.491 e. The molecule has 1 amide bonds. The Morgan fingerprint density at radius 3 is 2.67 bits per heavy atom. The van der Waals surface area contributed by atoms with Gasteiger partial charge in [-0.15, -0.1) is 0 Å². The summed E-state index contributed by atoms with van der Waals surface area (Å²) in [7, 11) is 1.42. The van der Waals surface area contributed by atoms with Crippen LogP contribution in [-0.4, -0.2) is 18.0 Å². The van der Waals surface area contributed by atoms with Crippen molar-refractivity contribution >= 4 is 5.91 Å². The highest BCUT2D eigenvalue weighted by molar-refractivity contribution is 5.92. The predicted molar refractivity (Wildman–Crippen MR) is 92.6 cm³/mol. The molecule has 2 N–H and O–H groups in total. The molecule has 1 aliphatic rings. The Hall–Kier alpha value is -2.56. The molecule has 0 aliphatic heterocycles. The van der Waals surface area contributed by atoms with E-state index in [1.54, 1.807) is 0 Å². The van der Waals surface area contributed by atoms with Gasteiger partial charge in [0, 0.05) is 12.3 Å². The molecule has 2 aromatic rings. The van der Waals surface area contributed by atoms with Crippen LogP contribution in [-0.2, 0) is 12.8 Å². The van der Waals surface area contributed by atoms with Crippen molar-refractivity contribution in [1.82, 2.24) is 10.3 Å². The maximum Gasteiger partial charge on any atom is 0.268 e. The molecule has 0 spiro atoms. The second-order valence-corrected chi connectivity index (χ2v) is 6.21. The van der Waals surface area contributed by atoms with Crippen LogP contribution in [0.25, 0.3) is 0 Å². The van der Waals surface area contributed by atoms with Crippen LogP contribution in [0.2, 0.25) is 0 Å². The van der Waals surface area contributed by atoms with Gasteiger partial charge in [0.25, 0.3) is 5.91 Å². The smallest absolute Gasteiger partial charge is 0.268 e. The lowest BCUT2D eigenvalue weighted by molar-refractivity contribution is 0.0934. The molecule has 1 atom stereocenters. The zero-order valence-corrected chi connectivity index (χ0v) is 14.0. The summed E-state index contributed by atoms with van der Waals surface area (Å²) in [5.41, 5.74) is 3.80. The van der Waals surface area contributed by atoms with E-state index < -0.39 is 0 Å².